The van der Waals surface area contributed by atoms with Crippen LogP contribution in [0.15, 0.2) is 54.7 Å². The summed E-state index contributed by atoms with van der Waals surface area (Å²) in [5.74, 6) is 0. The number of urea groups is 1. The summed E-state index contributed by atoms with van der Waals surface area (Å²) in [6.07, 6.45) is 5.80. The fourth-order valence-corrected chi connectivity index (χ4v) is 4.03. The maximum absolute atomic E-state index is 12.4. The monoisotopic (exact) mass is 376 g/mol. The number of amides is 2. The number of hydrogen-bond acceptors (Lipinski definition) is 2. The highest BCUT2D eigenvalue weighted by Crippen LogP contribution is 2.21. The van der Waals surface area contributed by atoms with Crippen LogP contribution in [0.25, 0.3) is 10.9 Å². The van der Waals surface area contributed by atoms with Crippen molar-refractivity contribution in [1.29, 1.82) is 0 Å². The minimum absolute atomic E-state index is 0.184. The van der Waals surface area contributed by atoms with Gasteiger partial charge in [-0.3, -0.25) is 4.90 Å². The molecule has 0 saturated carbocycles. The second-order valence-corrected chi connectivity index (χ2v) is 7.68. The van der Waals surface area contributed by atoms with Crippen molar-refractivity contribution in [3.63, 3.8) is 0 Å². The SMILES string of the molecule is C[C@H]1CCCCN1Cc1cccc(NC(=O)NCc2cccc3[nH]ccc23)c1. The molecule has 1 aliphatic heterocycles. The number of rotatable bonds is 5. The van der Waals surface area contributed by atoms with Gasteiger partial charge in [-0.25, -0.2) is 4.79 Å². The van der Waals surface area contributed by atoms with Crippen LogP contribution < -0.4 is 10.6 Å². The molecular weight excluding hydrogens is 348 g/mol. The molecule has 28 heavy (non-hydrogen) atoms. The molecule has 3 N–H and O–H groups in total. The van der Waals surface area contributed by atoms with E-state index < -0.39 is 0 Å². The molecule has 4 rings (SSSR count). The van der Waals surface area contributed by atoms with Crippen molar-refractivity contribution < 1.29 is 4.79 Å². The van der Waals surface area contributed by atoms with Crippen LogP contribution in [0.4, 0.5) is 10.5 Å². The maximum Gasteiger partial charge on any atom is 0.319 e. The Balaban J connectivity index is 1.34. The zero-order valence-corrected chi connectivity index (χ0v) is 16.4. The van der Waals surface area contributed by atoms with E-state index in [4.69, 9.17) is 0 Å². The quantitative estimate of drug-likeness (QED) is 0.595. The van der Waals surface area contributed by atoms with E-state index in [1.807, 2.05) is 42.6 Å². The summed E-state index contributed by atoms with van der Waals surface area (Å²) in [7, 11) is 0. The number of likely N-dealkylation sites (tertiary alicyclic amines) is 1. The minimum Gasteiger partial charge on any atom is -0.361 e. The van der Waals surface area contributed by atoms with Gasteiger partial charge < -0.3 is 15.6 Å². The van der Waals surface area contributed by atoms with Crippen LogP contribution in [0, 0.1) is 0 Å². The molecule has 5 heteroatoms. The molecule has 1 atom stereocenters. The van der Waals surface area contributed by atoms with Gasteiger partial charge in [-0.05, 0) is 61.7 Å². The van der Waals surface area contributed by atoms with Crippen LogP contribution in [-0.4, -0.2) is 28.5 Å². The predicted molar refractivity (Wildman–Crippen MR) is 114 cm³/mol. The van der Waals surface area contributed by atoms with Crippen molar-refractivity contribution in [1.82, 2.24) is 15.2 Å². The number of nitrogens with one attached hydrogen (secondary N) is 3. The number of carbonyl (C=O) groups excluding carboxylic acids is 1. The Hall–Kier alpha value is -2.79. The molecule has 2 heterocycles. The molecule has 2 amide bonds. The van der Waals surface area contributed by atoms with Crippen molar-refractivity contribution in [3.05, 3.63) is 65.9 Å². The van der Waals surface area contributed by atoms with Crippen molar-refractivity contribution >= 4 is 22.6 Å². The largest absolute Gasteiger partial charge is 0.361 e. The van der Waals surface area contributed by atoms with E-state index in [1.165, 1.54) is 24.8 Å². The number of H-pyrrole nitrogens is 1. The number of hydrogen-bond donors (Lipinski definition) is 3. The van der Waals surface area contributed by atoms with E-state index >= 15 is 0 Å². The predicted octanol–water partition coefficient (Wildman–Crippen LogP) is 4.86. The highest BCUT2D eigenvalue weighted by molar-refractivity contribution is 5.90. The van der Waals surface area contributed by atoms with Crippen LogP contribution in [0.5, 0.6) is 0 Å². The molecular formula is C23H28N4O. The second-order valence-electron chi connectivity index (χ2n) is 7.68. The first-order valence-corrected chi connectivity index (χ1v) is 10.1. The highest BCUT2D eigenvalue weighted by atomic mass is 16.2. The first kappa shape index (κ1) is 18.6. The number of aromatic amines is 1. The van der Waals surface area contributed by atoms with Gasteiger partial charge in [0.15, 0.2) is 0 Å². The lowest BCUT2D eigenvalue weighted by atomic mass is 10.0. The fourth-order valence-electron chi connectivity index (χ4n) is 4.03. The van der Waals surface area contributed by atoms with Gasteiger partial charge in [-0.15, -0.1) is 0 Å². The first-order chi connectivity index (χ1) is 13.7. The van der Waals surface area contributed by atoms with Crippen molar-refractivity contribution in [3.8, 4) is 0 Å². The van der Waals surface area contributed by atoms with E-state index in [0.717, 1.165) is 35.2 Å². The molecule has 1 aromatic heterocycles. The fraction of sp³-hybridized carbons (Fsp3) is 0.348. The maximum atomic E-state index is 12.4. The summed E-state index contributed by atoms with van der Waals surface area (Å²) in [6, 6.07) is 16.7. The summed E-state index contributed by atoms with van der Waals surface area (Å²) in [4.78, 5) is 18.1. The van der Waals surface area contributed by atoms with Gasteiger partial charge in [0.1, 0.15) is 0 Å². The lowest BCUT2D eigenvalue weighted by Crippen LogP contribution is -2.36. The first-order valence-electron chi connectivity index (χ1n) is 10.1. The Labute approximate surface area is 166 Å². The number of benzene rings is 2. The zero-order valence-electron chi connectivity index (χ0n) is 16.4. The van der Waals surface area contributed by atoms with E-state index in [1.54, 1.807) is 0 Å². The van der Waals surface area contributed by atoms with Crippen molar-refractivity contribution in [2.45, 2.75) is 45.3 Å². The van der Waals surface area contributed by atoms with Gasteiger partial charge in [0.2, 0.25) is 0 Å². The molecule has 0 unspecified atom stereocenters. The highest BCUT2D eigenvalue weighted by Gasteiger charge is 2.18. The van der Waals surface area contributed by atoms with E-state index in [0.29, 0.717) is 12.6 Å². The number of nitrogens with zero attached hydrogens (tertiary/aromatic N) is 1. The molecule has 1 aliphatic rings. The summed E-state index contributed by atoms with van der Waals surface area (Å²) in [6.45, 7) is 4.89. The smallest absolute Gasteiger partial charge is 0.319 e. The Kier molecular flexibility index (Phi) is 5.63. The zero-order chi connectivity index (χ0) is 19.3. The van der Waals surface area contributed by atoms with Crippen LogP contribution in [-0.2, 0) is 13.1 Å². The van der Waals surface area contributed by atoms with Gasteiger partial charge in [-0.2, -0.15) is 0 Å². The van der Waals surface area contributed by atoms with Crippen LogP contribution in [0.1, 0.15) is 37.3 Å². The molecule has 1 saturated heterocycles. The number of carbonyl (C=O) groups is 1. The second kappa shape index (κ2) is 8.48. The molecule has 5 nitrogen and oxygen atoms in total. The number of anilines is 1. The van der Waals surface area contributed by atoms with Gasteiger partial charge in [0.05, 0.1) is 0 Å². The van der Waals surface area contributed by atoms with Gasteiger partial charge in [-0.1, -0.05) is 30.7 Å². The Bertz CT molecular complexity index is 948. The third kappa shape index (κ3) is 4.37. The summed E-state index contributed by atoms with van der Waals surface area (Å²) in [5.41, 5.74) is 4.25. The molecule has 146 valence electrons. The summed E-state index contributed by atoms with van der Waals surface area (Å²) >= 11 is 0. The molecule has 0 aliphatic carbocycles. The third-order valence-electron chi connectivity index (χ3n) is 5.64. The average molecular weight is 377 g/mol. The van der Waals surface area contributed by atoms with Gasteiger partial charge >= 0.3 is 6.03 Å². The molecule has 1 fully saturated rings. The van der Waals surface area contributed by atoms with E-state index in [2.05, 4.69) is 39.6 Å². The standard InChI is InChI=1S/C23H28N4O/c1-17-6-2-3-13-27(17)16-18-7-4-9-20(14-18)26-23(28)25-15-19-8-5-10-22-21(19)11-12-24-22/h4-5,7-12,14,17,24H,2-3,6,13,15-16H2,1H3,(H2,25,26,28)/t17-/m0/s1. The Morgan fingerprint density at radius 1 is 1.18 bits per heavy atom. The molecule has 0 radical (unpaired) electrons. The molecule has 0 spiro atoms. The summed E-state index contributed by atoms with van der Waals surface area (Å²) in [5, 5.41) is 7.07. The summed E-state index contributed by atoms with van der Waals surface area (Å²) < 4.78 is 0. The Morgan fingerprint density at radius 3 is 2.96 bits per heavy atom. The molecule has 3 aromatic rings. The van der Waals surface area contributed by atoms with Gasteiger partial charge in [0, 0.05) is 41.9 Å². The Morgan fingerprint density at radius 2 is 2.07 bits per heavy atom. The minimum atomic E-state index is -0.184. The van der Waals surface area contributed by atoms with Gasteiger partial charge in [0.25, 0.3) is 0 Å². The topological polar surface area (TPSA) is 60.2 Å². The van der Waals surface area contributed by atoms with Crippen molar-refractivity contribution in [2.75, 3.05) is 11.9 Å². The van der Waals surface area contributed by atoms with Crippen LogP contribution in [0.3, 0.4) is 0 Å². The van der Waals surface area contributed by atoms with E-state index in [9.17, 15) is 4.79 Å². The van der Waals surface area contributed by atoms with Crippen molar-refractivity contribution in [2.24, 2.45) is 0 Å². The molecule has 0 bridgehead atoms. The number of aromatic nitrogens is 1. The lowest BCUT2D eigenvalue weighted by molar-refractivity contribution is 0.152. The number of piperidine rings is 1. The lowest BCUT2D eigenvalue weighted by Gasteiger charge is -2.33. The average Bonchev–Trinajstić information content (AvgIpc) is 3.18. The third-order valence-corrected chi connectivity index (χ3v) is 5.64. The van der Waals surface area contributed by atoms with Crippen LogP contribution in [0.2, 0.25) is 0 Å². The molecule has 2 aromatic carbocycles. The van der Waals surface area contributed by atoms with E-state index in [-0.39, 0.29) is 6.03 Å². The normalized spacial score (nSPS) is 17.5. The van der Waals surface area contributed by atoms with Crippen LogP contribution >= 0.6 is 0 Å². The number of fused-ring (bicyclic) bond motifs is 1.